The first-order chi connectivity index (χ1) is 11.1. The Labute approximate surface area is 136 Å². The molecule has 0 fully saturated rings. The van der Waals surface area contributed by atoms with Gasteiger partial charge in [-0.15, -0.1) is 0 Å². The molecule has 0 aliphatic carbocycles. The van der Waals surface area contributed by atoms with Crippen LogP contribution in [0.3, 0.4) is 0 Å². The SMILES string of the molecule is CNC1(NC)CC(NC)(c2ccccc2O)Oc2ccccc21. The van der Waals surface area contributed by atoms with Crippen molar-refractivity contribution in [3.8, 4) is 11.5 Å². The van der Waals surface area contributed by atoms with Gasteiger partial charge in [0.05, 0.1) is 5.56 Å². The maximum Gasteiger partial charge on any atom is 0.193 e. The van der Waals surface area contributed by atoms with Gasteiger partial charge in [-0.05, 0) is 39.3 Å². The summed E-state index contributed by atoms with van der Waals surface area (Å²) >= 11 is 0. The summed E-state index contributed by atoms with van der Waals surface area (Å²) in [6, 6.07) is 15.2. The number of aromatic hydroxyl groups is 1. The van der Waals surface area contributed by atoms with E-state index in [1.807, 2.05) is 63.6 Å². The largest absolute Gasteiger partial charge is 0.507 e. The molecule has 1 aliphatic heterocycles. The topological polar surface area (TPSA) is 65.5 Å². The summed E-state index contributed by atoms with van der Waals surface area (Å²) < 4.78 is 6.34. The van der Waals surface area contributed by atoms with E-state index in [0.717, 1.165) is 11.3 Å². The minimum absolute atomic E-state index is 0.210. The summed E-state index contributed by atoms with van der Waals surface area (Å²) in [4.78, 5) is 0. The normalized spacial score (nSPS) is 22.2. The predicted octanol–water partition coefficient (Wildman–Crippen LogP) is 1.84. The zero-order valence-electron chi connectivity index (χ0n) is 13.7. The number of nitrogens with one attached hydrogen (secondary N) is 3. The maximum absolute atomic E-state index is 10.4. The molecule has 5 nitrogen and oxygen atoms in total. The first-order valence-electron chi connectivity index (χ1n) is 7.74. The summed E-state index contributed by atoms with van der Waals surface area (Å²) in [7, 11) is 5.68. The monoisotopic (exact) mass is 313 g/mol. The second-order valence-electron chi connectivity index (χ2n) is 5.77. The molecule has 0 saturated carbocycles. The van der Waals surface area contributed by atoms with Gasteiger partial charge in [0.1, 0.15) is 17.2 Å². The van der Waals surface area contributed by atoms with E-state index in [1.54, 1.807) is 6.07 Å². The molecule has 0 spiro atoms. The average Bonchev–Trinajstić information content (AvgIpc) is 2.61. The molecule has 3 rings (SSSR count). The molecule has 0 aromatic heterocycles. The van der Waals surface area contributed by atoms with Gasteiger partial charge in [-0.2, -0.15) is 0 Å². The van der Waals surface area contributed by atoms with E-state index < -0.39 is 11.4 Å². The third-order valence-electron chi connectivity index (χ3n) is 4.74. The maximum atomic E-state index is 10.4. The standard InChI is InChI=1S/C18H23N3O2/c1-19-17(20-2)12-18(21-3,13-8-4-6-10-15(13)22)23-16-11-7-5-9-14(16)17/h4-11,19-22H,12H2,1-3H3. The highest BCUT2D eigenvalue weighted by Gasteiger charge is 2.49. The fourth-order valence-corrected chi connectivity index (χ4v) is 3.41. The summed E-state index contributed by atoms with van der Waals surface area (Å²) in [6.45, 7) is 0. The number of fused-ring (bicyclic) bond motifs is 1. The lowest BCUT2D eigenvalue weighted by atomic mass is 9.83. The molecule has 2 aromatic rings. The van der Waals surface area contributed by atoms with Crippen molar-refractivity contribution in [1.82, 2.24) is 16.0 Å². The van der Waals surface area contributed by atoms with E-state index in [4.69, 9.17) is 4.74 Å². The Bertz CT molecular complexity index is 700. The van der Waals surface area contributed by atoms with E-state index in [-0.39, 0.29) is 5.75 Å². The van der Waals surface area contributed by atoms with Crippen molar-refractivity contribution in [3.63, 3.8) is 0 Å². The quantitative estimate of drug-likeness (QED) is 0.649. The Morgan fingerprint density at radius 2 is 1.48 bits per heavy atom. The summed E-state index contributed by atoms with van der Waals surface area (Å²) in [5.74, 6) is 0.988. The van der Waals surface area contributed by atoms with Crippen LogP contribution in [0.2, 0.25) is 0 Å². The van der Waals surface area contributed by atoms with E-state index >= 15 is 0 Å². The molecule has 0 bridgehead atoms. The molecular weight excluding hydrogens is 290 g/mol. The lowest BCUT2D eigenvalue weighted by molar-refractivity contribution is -0.0329. The number of ether oxygens (including phenoxy) is 1. The summed E-state index contributed by atoms with van der Waals surface area (Å²) in [5.41, 5.74) is 0.449. The number of phenolic OH excluding ortho intramolecular Hbond substituents is 1. The zero-order valence-corrected chi connectivity index (χ0v) is 13.7. The van der Waals surface area contributed by atoms with E-state index in [0.29, 0.717) is 12.0 Å². The fraction of sp³-hybridized carbons (Fsp3) is 0.333. The highest BCUT2D eigenvalue weighted by atomic mass is 16.5. The minimum atomic E-state index is -0.842. The molecule has 0 radical (unpaired) electrons. The number of phenols is 1. The van der Waals surface area contributed by atoms with E-state index in [9.17, 15) is 5.11 Å². The highest BCUT2D eigenvalue weighted by molar-refractivity contribution is 5.46. The molecule has 1 aliphatic rings. The van der Waals surface area contributed by atoms with Crippen molar-refractivity contribution in [2.45, 2.75) is 17.8 Å². The van der Waals surface area contributed by atoms with Crippen LogP contribution in [0.15, 0.2) is 48.5 Å². The minimum Gasteiger partial charge on any atom is -0.507 e. The van der Waals surface area contributed by atoms with Crippen molar-refractivity contribution < 1.29 is 9.84 Å². The molecule has 1 heterocycles. The highest BCUT2D eigenvalue weighted by Crippen LogP contribution is 2.46. The van der Waals surface area contributed by atoms with Crippen LogP contribution in [0, 0.1) is 0 Å². The predicted molar refractivity (Wildman–Crippen MR) is 90.3 cm³/mol. The zero-order chi connectivity index (χ0) is 16.5. The Balaban J connectivity index is 2.21. The lowest BCUT2D eigenvalue weighted by Crippen LogP contribution is -2.62. The van der Waals surface area contributed by atoms with E-state index in [2.05, 4.69) is 16.0 Å². The lowest BCUT2D eigenvalue weighted by Gasteiger charge is -2.48. The number of hydrogen-bond acceptors (Lipinski definition) is 5. The smallest absolute Gasteiger partial charge is 0.193 e. The van der Waals surface area contributed by atoms with Gasteiger partial charge in [-0.1, -0.05) is 30.3 Å². The van der Waals surface area contributed by atoms with Gasteiger partial charge in [0.2, 0.25) is 0 Å². The average molecular weight is 313 g/mol. The van der Waals surface area contributed by atoms with Crippen LogP contribution in [-0.2, 0) is 11.4 Å². The second-order valence-corrected chi connectivity index (χ2v) is 5.77. The van der Waals surface area contributed by atoms with Crippen LogP contribution in [0.25, 0.3) is 0 Å². The van der Waals surface area contributed by atoms with Crippen molar-refractivity contribution in [1.29, 1.82) is 0 Å². The first kappa shape index (κ1) is 15.8. The van der Waals surface area contributed by atoms with Crippen molar-refractivity contribution in [2.24, 2.45) is 0 Å². The molecule has 0 amide bonds. The molecule has 122 valence electrons. The van der Waals surface area contributed by atoms with Crippen LogP contribution in [-0.4, -0.2) is 26.2 Å². The van der Waals surface area contributed by atoms with Gasteiger partial charge in [-0.25, -0.2) is 0 Å². The number of hydrogen-bond donors (Lipinski definition) is 4. The first-order valence-corrected chi connectivity index (χ1v) is 7.74. The Morgan fingerprint density at radius 3 is 2.09 bits per heavy atom. The van der Waals surface area contributed by atoms with Gasteiger partial charge >= 0.3 is 0 Å². The van der Waals surface area contributed by atoms with Crippen LogP contribution >= 0.6 is 0 Å². The Morgan fingerprint density at radius 1 is 0.870 bits per heavy atom. The van der Waals surface area contributed by atoms with Gasteiger partial charge in [0, 0.05) is 12.0 Å². The van der Waals surface area contributed by atoms with Gasteiger partial charge in [0.15, 0.2) is 5.72 Å². The Kier molecular flexibility index (Phi) is 4.02. The third-order valence-corrected chi connectivity index (χ3v) is 4.74. The molecule has 0 saturated heterocycles. The molecule has 5 heteroatoms. The van der Waals surface area contributed by atoms with Crippen molar-refractivity contribution in [2.75, 3.05) is 21.1 Å². The Hall–Kier alpha value is -2.08. The molecule has 1 unspecified atom stereocenters. The number of para-hydroxylation sites is 2. The van der Waals surface area contributed by atoms with Gasteiger partial charge in [-0.3, -0.25) is 16.0 Å². The number of benzene rings is 2. The third kappa shape index (κ3) is 2.37. The van der Waals surface area contributed by atoms with Crippen LogP contribution in [0.5, 0.6) is 11.5 Å². The van der Waals surface area contributed by atoms with E-state index in [1.165, 1.54) is 0 Å². The van der Waals surface area contributed by atoms with Crippen molar-refractivity contribution in [3.05, 3.63) is 59.7 Å². The molecular formula is C18H23N3O2. The summed E-state index contributed by atoms with van der Waals surface area (Å²) in [6.07, 6.45) is 0.568. The fourth-order valence-electron chi connectivity index (χ4n) is 3.41. The van der Waals surface area contributed by atoms with Crippen molar-refractivity contribution >= 4 is 0 Å². The molecule has 4 N–H and O–H groups in total. The second kappa shape index (κ2) is 5.85. The molecule has 2 aromatic carbocycles. The molecule has 1 atom stereocenters. The molecule has 23 heavy (non-hydrogen) atoms. The van der Waals surface area contributed by atoms with Crippen LogP contribution < -0.4 is 20.7 Å². The van der Waals surface area contributed by atoms with Gasteiger partial charge < -0.3 is 9.84 Å². The number of rotatable bonds is 4. The van der Waals surface area contributed by atoms with Gasteiger partial charge in [0.25, 0.3) is 0 Å². The van der Waals surface area contributed by atoms with Crippen LogP contribution in [0.1, 0.15) is 17.5 Å². The summed E-state index contributed by atoms with van der Waals surface area (Å²) in [5, 5.41) is 20.4. The van der Waals surface area contributed by atoms with Crippen LogP contribution in [0.4, 0.5) is 0 Å².